The fraction of sp³-hybridized carbons (Fsp3) is 0.389. The molecule has 1 N–H and O–H groups in total. The molecule has 0 saturated carbocycles. The molecule has 0 aliphatic rings. The Balaban J connectivity index is 2.13. The van der Waals surface area contributed by atoms with E-state index in [9.17, 15) is 8.42 Å². The van der Waals surface area contributed by atoms with E-state index < -0.39 is 9.84 Å². The molecule has 9 heteroatoms. The summed E-state index contributed by atoms with van der Waals surface area (Å²) in [6.07, 6.45) is 2.79. The molecule has 0 radical (unpaired) electrons. The van der Waals surface area contributed by atoms with Crippen LogP contribution in [0.15, 0.2) is 35.6 Å². The standard InChI is InChI=1S/C18H23N5O3S/c1-11(2)14-10-19-23-16(14)21-18(27(5,24)25)22-17(23)20-12(3)13-8-6-7-9-15(13)26-4/h6-12H,1-5H3,(H,20,21,22). The molecule has 27 heavy (non-hydrogen) atoms. The second-order valence-corrected chi connectivity index (χ2v) is 8.61. The van der Waals surface area contributed by atoms with Gasteiger partial charge in [0.05, 0.1) is 19.3 Å². The van der Waals surface area contributed by atoms with Crippen molar-refractivity contribution in [2.75, 3.05) is 18.7 Å². The fourth-order valence-electron chi connectivity index (χ4n) is 2.84. The van der Waals surface area contributed by atoms with Crippen LogP contribution in [0.25, 0.3) is 5.65 Å². The van der Waals surface area contributed by atoms with Gasteiger partial charge in [-0.25, -0.2) is 8.42 Å². The number of aromatic nitrogens is 4. The minimum Gasteiger partial charge on any atom is -0.496 e. The molecule has 8 nitrogen and oxygen atoms in total. The van der Waals surface area contributed by atoms with E-state index in [2.05, 4.69) is 20.4 Å². The highest BCUT2D eigenvalue weighted by Gasteiger charge is 2.21. The number of sulfone groups is 1. The number of fused-ring (bicyclic) bond motifs is 1. The first kappa shape index (κ1) is 19.1. The first-order valence-corrected chi connectivity index (χ1v) is 10.5. The Labute approximate surface area is 158 Å². The summed E-state index contributed by atoms with van der Waals surface area (Å²) in [4.78, 5) is 8.45. The summed E-state index contributed by atoms with van der Waals surface area (Å²) in [5, 5.41) is 7.37. The van der Waals surface area contributed by atoms with Crippen molar-refractivity contribution in [2.45, 2.75) is 37.9 Å². The zero-order chi connectivity index (χ0) is 19.8. The summed E-state index contributed by atoms with van der Waals surface area (Å²) in [5.41, 5.74) is 2.26. The van der Waals surface area contributed by atoms with Crippen molar-refractivity contribution in [1.29, 1.82) is 0 Å². The maximum Gasteiger partial charge on any atom is 0.252 e. The third kappa shape index (κ3) is 3.73. The van der Waals surface area contributed by atoms with Gasteiger partial charge in [0.15, 0.2) is 5.65 Å². The lowest BCUT2D eigenvalue weighted by Crippen LogP contribution is -2.16. The maximum absolute atomic E-state index is 12.1. The molecule has 1 unspecified atom stereocenters. The van der Waals surface area contributed by atoms with Crippen molar-refractivity contribution in [3.8, 4) is 5.75 Å². The van der Waals surface area contributed by atoms with E-state index in [1.165, 1.54) is 4.52 Å². The van der Waals surface area contributed by atoms with Gasteiger partial charge in [0.2, 0.25) is 15.8 Å². The second kappa shape index (κ2) is 7.15. The number of anilines is 1. The second-order valence-electron chi connectivity index (χ2n) is 6.70. The van der Waals surface area contributed by atoms with Crippen LogP contribution >= 0.6 is 0 Å². The molecule has 3 rings (SSSR count). The highest BCUT2D eigenvalue weighted by atomic mass is 32.2. The van der Waals surface area contributed by atoms with Gasteiger partial charge in [-0.05, 0) is 18.9 Å². The van der Waals surface area contributed by atoms with Crippen LogP contribution in [0.4, 0.5) is 5.95 Å². The molecule has 144 valence electrons. The number of nitrogens with zero attached hydrogens (tertiary/aromatic N) is 4. The van der Waals surface area contributed by atoms with E-state index in [-0.39, 0.29) is 17.1 Å². The van der Waals surface area contributed by atoms with E-state index in [4.69, 9.17) is 4.74 Å². The van der Waals surface area contributed by atoms with Gasteiger partial charge in [-0.3, -0.25) is 0 Å². The Bertz CT molecular complexity index is 1080. The lowest BCUT2D eigenvalue weighted by molar-refractivity contribution is 0.408. The molecule has 2 aromatic heterocycles. The molecule has 3 aromatic rings. The Hall–Kier alpha value is -2.68. The monoisotopic (exact) mass is 389 g/mol. The predicted octanol–water partition coefficient (Wildman–Crippen LogP) is 2.83. The maximum atomic E-state index is 12.1. The van der Waals surface area contributed by atoms with Gasteiger partial charge in [0.1, 0.15) is 5.75 Å². The van der Waals surface area contributed by atoms with Crippen LogP contribution in [-0.4, -0.2) is 41.4 Å². The van der Waals surface area contributed by atoms with Crippen molar-refractivity contribution < 1.29 is 13.2 Å². The zero-order valence-corrected chi connectivity index (χ0v) is 16.8. The van der Waals surface area contributed by atoms with Crippen molar-refractivity contribution >= 4 is 21.4 Å². The van der Waals surface area contributed by atoms with Crippen LogP contribution < -0.4 is 10.1 Å². The topological polar surface area (TPSA) is 98.5 Å². The van der Waals surface area contributed by atoms with Gasteiger partial charge < -0.3 is 10.1 Å². The molecule has 2 heterocycles. The number of nitrogens with one attached hydrogen (secondary N) is 1. The molecule has 0 amide bonds. The summed E-state index contributed by atoms with van der Waals surface area (Å²) >= 11 is 0. The largest absolute Gasteiger partial charge is 0.496 e. The molecule has 0 aliphatic heterocycles. The van der Waals surface area contributed by atoms with Gasteiger partial charge in [0, 0.05) is 17.4 Å². The van der Waals surface area contributed by atoms with Gasteiger partial charge in [0.25, 0.3) is 5.16 Å². The SMILES string of the molecule is COc1ccccc1C(C)Nc1nc(S(C)(=O)=O)nc2c(C(C)C)cnn12. The Morgan fingerprint density at radius 1 is 1.11 bits per heavy atom. The van der Waals surface area contributed by atoms with Crippen LogP contribution in [0.2, 0.25) is 0 Å². The average Bonchev–Trinajstić information content (AvgIpc) is 3.05. The van der Waals surface area contributed by atoms with E-state index in [1.807, 2.05) is 45.0 Å². The summed E-state index contributed by atoms with van der Waals surface area (Å²) in [6.45, 7) is 5.95. The summed E-state index contributed by atoms with van der Waals surface area (Å²) in [6, 6.07) is 7.42. The number of benzene rings is 1. The third-order valence-corrected chi connectivity index (χ3v) is 5.13. The van der Waals surface area contributed by atoms with Gasteiger partial charge in [-0.2, -0.15) is 19.6 Å². The number of rotatable bonds is 6. The third-order valence-electron chi connectivity index (χ3n) is 4.28. The lowest BCUT2D eigenvalue weighted by Gasteiger charge is -2.18. The molecule has 0 aliphatic carbocycles. The lowest BCUT2D eigenvalue weighted by atomic mass is 10.1. The molecule has 0 spiro atoms. The number of hydrogen-bond acceptors (Lipinski definition) is 7. The number of ether oxygens (including phenoxy) is 1. The van der Waals surface area contributed by atoms with Crippen molar-refractivity contribution in [3.63, 3.8) is 0 Å². The minimum absolute atomic E-state index is 0.143. The molecule has 1 aromatic carbocycles. The summed E-state index contributed by atoms with van der Waals surface area (Å²) in [5.74, 6) is 1.18. The smallest absolute Gasteiger partial charge is 0.252 e. The van der Waals surface area contributed by atoms with E-state index >= 15 is 0 Å². The Morgan fingerprint density at radius 2 is 1.81 bits per heavy atom. The first-order valence-electron chi connectivity index (χ1n) is 8.57. The zero-order valence-electron chi connectivity index (χ0n) is 16.0. The average molecular weight is 389 g/mol. The molecular formula is C18H23N5O3S. The van der Waals surface area contributed by atoms with Crippen molar-refractivity contribution in [3.05, 3.63) is 41.6 Å². The molecular weight excluding hydrogens is 366 g/mol. The number of para-hydroxylation sites is 1. The van der Waals surface area contributed by atoms with E-state index in [1.54, 1.807) is 13.3 Å². The number of methoxy groups -OCH3 is 1. The van der Waals surface area contributed by atoms with Crippen LogP contribution in [0.5, 0.6) is 5.75 Å². The molecule has 0 fully saturated rings. The highest BCUT2D eigenvalue weighted by molar-refractivity contribution is 7.90. The highest BCUT2D eigenvalue weighted by Crippen LogP contribution is 2.28. The van der Waals surface area contributed by atoms with Crippen LogP contribution in [0, 0.1) is 0 Å². The van der Waals surface area contributed by atoms with E-state index in [0.717, 1.165) is 23.1 Å². The molecule has 0 saturated heterocycles. The summed E-state index contributed by atoms with van der Waals surface area (Å²) in [7, 11) is -1.97. The fourth-order valence-corrected chi connectivity index (χ4v) is 3.34. The van der Waals surface area contributed by atoms with Gasteiger partial charge in [-0.15, -0.1) is 0 Å². The Kier molecular flexibility index (Phi) is 5.05. The van der Waals surface area contributed by atoms with E-state index in [0.29, 0.717) is 11.6 Å². The quantitative estimate of drug-likeness (QED) is 0.692. The molecule has 0 bridgehead atoms. The van der Waals surface area contributed by atoms with Crippen LogP contribution in [0.3, 0.4) is 0 Å². The summed E-state index contributed by atoms with van der Waals surface area (Å²) < 4.78 is 31.1. The van der Waals surface area contributed by atoms with Crippen molar-refractivity contribution in [2.24, 2.45) is 0 Å². The molecule has 1 atom stereocenters. The Morgan fingerprint density at radius 3 is 2.44 bits per heavy atom. The van der Waals surface area contributed by atoms with Crippen LogP contribution in [-0.2, 0) is 9.84 Å². The first-order chi connectivity index (χ1) is 12.7. The normalized spacial score (nSPS) is 13.1. The van der Waals surface area contributed by atoms with Gasteiger partial charge in [-0.1, -0.05) is 32.0 Å². The van der Waals surface area contributed by atoms with Crippen LogP contribution in [0.1, 0.15) is 43.9 Å². The van der Waals surface area contributed by atoms with Gasteiger partial charge >= 0.3 is 0 Å². The number of hydrogen-bond donors (Lipinski definition) is 1. The minimum atomic E-state index is -3.58. The predicted molar refractivity (Wildman–Crippen MR) is 103 cm³/mol. The van der Waals surface area contributed by atoms with Crippen molar-refractivity contribution in [1.82, 2.24) is 19.6 Å².